The Labute approximate surface area is 138 Å². The fourth-order valence-corrected chi connectivity index (χ4v) is 2.31. The van der Waals surface area contributed by atoms with Crippen LogP contribution in [0.25, 0.3) is 0 Å². The van der Waals surface area contributed by atoms with Gasteiger partial charge in [-0.25, -0.2) is 9.97 Å². The van der Waals surface area contributed by atoms with Crippen molar-refractivity contribution in [3.05, 3.63) is 54.6 Å². The van der Waals surface area contributed by atoms with Gasteiger partial charge in [-0.3, -0.25) is 0 Å². The number of rotatable bonds is 8. The zero-order valence-electron chi connectivity index (χ0n) is 13.9. The molecule has 0 unspecified atom stereocenters. The van der Waals surface area contributed by atoms with Crippen LogP contribution >= 0.6 is 0 Å². The van der Waals surface area contributed by atoms with E-state index in [-0.39, 0.29) is 0 Å². The van der Waals surface area contributed by atoms with Gasteiger partial charge >= 0.3 is 0 Å². The molecule has 23 heavy (non-hydrogen) atoms. The summed E-state index contributed by atoms with van der Waals surface area (Å²) >= 11 is 0. The van der Waals surface area contributed by atoms with Gasteiger partial charge in [-0.05, 0) is 37.6 Å². The van der Waals surface area contributed by atoms with Gasteiger partial charge in [0, 0.05) is 18.4 Å². The molecule has 0 saturated carbocycles. The molecule has 0 bridgehead atoms. The number of pyridine rings is 2. The van der Waals surface area contributed by atoms with Gasteiger partial charge in [-0.2, -0.15) is 0 Å². The third kappa shape index (κ3) is 4.71. The van der Waals surface area contributed by atoms with Crippen LogP contribution in [0.4, 0.5) is 17.3 Å². The maximum absolute atomic E-state index is 6.14. The molecule has 2 aromatic heterocycles. The number of nitrogen functional groups attached to an aromatic ring is 1. The molecular weight excluding hydrogens is 286 g/mol. The fraction of sp³-hybridized carbons (Fsp3) is 0.333. The Hall–Kier alpha value is -2.56. The normalized spacial score (nSPS) is 10.3. The number of hydrogen-bond donors (Lipinski definition) is 2. The van der Waals surface area contributed by atoms with E-state index >= 15 is 0 Å². The molecule has 0 amide bonds. The highest BCUT2D eigenvalue weighted by atomic mass is 15.3. The minimum absolute atomic E-state index is 0.649. The quantitative estimate of drug-likeness (QED) is 0.723. The first-order valence-electron chi connectivity index (χ1n) is 7.99. The molecule has 2 rings (SSSR count). The topological polar surface area (TPSA) is 67.1 Å². The Morgan fingerprint density at radius 3 is 2.78 bits per heavy atom. The average Bonchev–Trinajstić information content (AvgIpc) is 2.55. The van der Waals surface area contributed by atoms with Crippen LogP contribution < -0.4 is 16.0 Å². The molecule has 2 heterocycles. The van der Waals surface area contributed by atoms with E-state index in [2.05, 4.69) is 28.8 Å². The lowest BCUT2D eigenvalue weighted by atomic mass is 10.2. The van der Waals surface area contributed by atoms with E-state index < -0.39 is 0 Å². The standard InChI is InChI=1S/C18H25N5/c1-4-5-8-13-23(18-16(19)11-10-14(2)21-18)15(3)22-17-9-6-7-12-20-17/h6-7,9-12H,3-5,8,13,19H2,1-2H3,(H,20,22). The summed E-state index contributed by atoms with van der Waals surface area (Å²) in [5, 5.41) is 3.24. The molecule has 0 aliphatic carbocycles. The minimum atomic E-state index is 0.649. The summed E-state index contributed by atoms with van der Waals surface area (Å²) in [7, 11) is 0. The smallest absolute Gasteiger partial charge is 0.157 e. The second-order valence-electron chi connectivity index (χ2n) is 5.51. The molecule has 122 valence electrons. The van der Waals surface area contributed by atoms with Crippen LogP contribution in [-0.2, 0) is 0 Å². The van der Waals surface area contributed by atoms with Crippen molar-refractivity contribution in [2.24, 2.45) is 0 Å². The maximum atomic E-state index is 6.14. The van der Waals surface area contributed by atoms with Gasteiger partial charge in [-0.15, -0.1) is 0 Å². The highest BCUT2D eigenvalue weighted by Crippen LogP contribution is 2.25. The number of nitrogens with one attached hydrogen (secondary N) is 1. The molecule has 0 fully saturated rings. The molecule has 0 spiro atoms. The molecule has 0 aromatic carbocycles. The lowest BCUT2D eigenvalue weighted by Gasteiger charge is -2.27. The van der Waals surface area contributed by atoms with Gasteiger partial charge in [-0.1, -0.05) is 32.4 Å². The van der Waals surface area contributed by atoms with Crippen LogP contribution in [0.2, 0.25) is 0 Å². The Kier molecular flexibility index (Phi) is 5.97. The van der Waals surface area contributed by atoms with Crippen LogP contribution in [-0.4, -0.2) is 16.5 Å². The van der Waals surface area contributed by atoms with Crippen LogP contribution in [0.5, 0.6) is 0 Å². The van der Waals surface area contributed by atoms with Gasteiger partial charge in [0.2, 0.25) is 0 Å². The molecule has 0 atom stereocenters. The summed E-state index contributed by atoms with van der Waals surface area (Å²) in [4.78, 5) is 10.9. The summed E-state index contributed by atoms with van der Waals surface area (Å²) < 4.78 is 0. The Morgan fingerprint density at radius 2 is 2.09 bits per heavy atom. The average molecular weight is 311 g/mol. The van der Waals surface area contributed by atoms with Gasteiger partial charge in [0.15, 0.2) is 5.82 Å². The summed E-state index contributed by atoms with van der Waals surface area (Å²) in [6, 6.07) is 9.52. The molecule has 0 aliphatic rings. The van der Waals surface area contributed by atoms with Gasteiger partial charge < -0.3 is 16.0 Å². The largest absolute Gasteiger partial charge is 0.396 e. The molecule has 3 N–H and O–H groups in total. The molecule has 5 heteroatoms. The number of aromatic nitrogens is 2. The fourth-order valence-electron chi connectivity index (χ4n) is 2.31. The van der Waals surface area contributed by atoms with Crippen molar-refractivity contribution >= 4 is 17.3 Å². The van der Waals surface area contributed by atoms with Crippen molar-refractivity contribution in [2.75, 3.05) is 22.5 Å². The Morgan fingerprint density at radius 1 is 1.26 bits per heavy atom. The highest BCUT2D eigenvalue weighted by Gasteiger charge is 2.15. The van der Waals surface area contributed by atoms with Crippen LogP contribution in [0, 0.1) is 6.92 Å². The van der Waals surface area contributed by atoms with E-state index in [1.807, 2.05) is 42.2 Å². The zero-order chi connectivity index (χ0) is 16.7. The summed E-state index contributed by atoms with van der Waals surface area (Å²) in [5.74, 6) is 2.23. The van der Waals surface area contributed by atoms with Gasteiger partial charge in [0.25, 0.3) is 0 Å². The van der Waals surface area contributed by atoms with Crippen LogP contribution in [0.1, 0.15) is 31.9 Å². The van der Waals surface area contributed by atoms with Gasteiger partial charge in [0.05, 0.1) is 5.69 Å². The number of aryl methyl sites for hydroxylation is 1. The van der Waals surface area contributed by atoms with E-state index in [1.54, 1.807) is 6.20 Å². The second kappa shape index (κ2) is 8.17. The number of nitrogens with two attached hydrogens (primary N) is 1. The zero-order valence-corrected chi connectivity index (χ0v) is 13.9. The lowest BCUT2D eigenvalue weighted by Crippen LogP contribution is -2.29. The van der Waals surface area contributed by atoms with Crippen molar-refractivity contribution in [2.45, 2.75) is 33.1 Å². The number of anilines is 3. The summed E-state index contributed by atoms with van der Waals surface area (Å²) in [5.41, 5.74) is 7.72. The first-order valence-corrected chi connectivity index (χ1v) is 7.99. The third-order valence-corrected chi connectivity index (χ3v) is 3.55. The third-order valence-electron chi connectivity index (χ3n) is 3.55. The number of nitrogens with zero attached hydrogens (tertiary/aromatic N) is 3. The first-order chi connectivity index (χ1) is 11.1. The van der Waals surface area contributed by atoms with Crippen LogP contribution in [0.3, 0.4) is 0 Å². The second-order valence-corrected chi connectivity index (χ2v) is 5.51. The van der Waals surface area contributed by atoms with Gasteiger partial charge in [0.1, 0.15) is 11.6 Å². The predicted octanol–water partition coefficient (Wildman–Crippen LogP) is 3.95. The maximum Gasteiger partial charge on any atom is 0.157 e. The molecule has 0 aliphatic heterocycles. The SMILES string of the molecule is C=C(Nc1ccccn1)N(CCCCC)c1nc(C)ccc1N. The molecule has 2 aromatic rings. The predicted molar refractivity (Wildman–Crippen MR) is 97.3 cm³/mol. The Bertz CT molecular complexity index is 639. The highest BCUT2D eigenvalue weighted by molar-refractivity contribution is 5.67. The number of hydrogen-bond acceptors (Lipinski definition) is 5. The van der Waals surface area contributed by atoms with E-state index in [4.69, 9.17) is 5.73 Å². The van der Waals surface area contributed by atoms with Crippen molar-refractivity contribution < 1.29 is 0 Å². The molecule has 0 radical (unpaired) electrons. The van der Waals surface area contributed by atoms with Crippen molar-refractivity contribution in [3.63, 3.8) is 0 Å². The van der Waals surface area contributed by atoms with E-state index in [0.29, 0.717) is 5.69 Å². The van der Waals surface area contributed by atoms with Crippen molar-refractivity contribution in [1.82, 2.24) is 9.97 Å². The summed E-state index contributed by atoms with van der Waals surface area (Å²) in [6.45, 7) is 9.11. The van der Waals surface area contributed by atoms with E-state index in [9.17, 15) is 0 Å². The van der Waals surface area contributed by atoms with E-state index in [1.165, 1.54) is 0 Å². The minimum Gasteiger partial charge on any atom is -0.396 e. The lowest BCUT2D eigenvalue weighted by molar-refractivity contribution is 0.702. The Balaban J connectivity index is 2.22. The first kappa shape index (κ1) is 16.8. The molecular formula is C18H25N5. The van der Waals surface area contributed by atoms with E-state index in [0.717, 1.165) is 49.0 Å². The van der Waals surface area contributed by atoms with Crippen LogP contribution in [0.15, 0.2) is 48.9 Å². The molecule has 0 saturated heterocycles. The van der Waals surface area contributed by atoms with Crippen molar-refractivity contribution in [1.29, 1.82) is 0 Å². The number of unbranched alkanes of at least 4 members (excludes halogenated alkanes) is 2. The monoisotopic (exact) mass is 311 g/mol. The van der Waals surface area contributed by atoms with Crippen molar-refractivity contribution in [3.8, 4) is 0 Å². The molecule has 5 nitrogen and oxygen atoms in total. The summed E-state index contributed by atoms with van der Waals surface area (Å²) in [6.07, 6.45) is 5.11.